The molecule has 0 spiro atoms. The van der Waals surface area contributed by atoms with E-state index >= 15 is 0 Å². The Morgan fingerprint density at radius 3 is 2.85 bits per heavy atom. The summed E-state index contributed by atoms with van der Waals surface area (Å²) < 4.78 is 5.56. The van der Waals surface area contributed by atoms with Crippen LogP contribution in [0.1, 0.15) is 34.1 Å². The van der Waals surface area contributed by atoms with Crippen molar-refractivity contribution in [1.82, 2.24) is 25.2 Å². The number of rotatable bonds is 7. The van der Waals surface area contributed by atoms with Crippen molar-refractivity contribution in [2.45, 2.75) is 25.4 Å². The first-order chi connectivity index (χ1) is 16.4. The zero-order valence-corrected chi connectivity index (χ0v) is 19.9. The number of amides is 1. The minimum absolute atomic E-state index is 0.0301. The van der Waals surface area contributed by atoms with Crippen LogP contribution in [0.5, 0.6) is 0 Å². The summed E-state index contributed by atoms with van der Waals surface area (Å²) >= 11 is 0. The lowest BCUT2D eigenvalue weighted by Crippen LogP contribution is -2.33. The van der Waals surface area contributed by atoms with E-state index in [4.69, 9.17) is 14.7 Å². The number of anilines is 4. The van der Waals surface area contributed by atoms with Gasteiger partial charge in [0.2, 0.25) is 5.95 Å². The number of nitrogens with one attached hydrogen (secondary N) is 2. The number of hydrogen-bond acceptors (Lipinski definition) is 8. The summed E-state index contributed by atoms with van der Waals surface area (Å²) in [5, 5.41) is 6.43. The van der Waals surface area contributed by atoms with Crippen LogP contribution in [0.25, 0.3) is 0 Å². The monoisotopic (exact) mass is 459 g/mol. The lowest BCUT2D eigenvalue weighted by atomic mass is 9.87. The molecule has 0 bridgehead atoms. The molecule has 3 aromatic rings. The summed E-state index contributed by atoms with van der Waals surface area (Å²) in [5.41, 5.74) is 4.23. The van der Waals surface area contributed by atoms with Crippen molar-refractivity contribution < 1.29 is 9.53 Å². The van der Waals surface area contributed by atoms with E-state index in [-0.39, 0.29) is 11.3 Å². The SMILES string of the molecule is CNCc1cccc(N2CC(C)(COC)c3cnc(Nc4ccc5c(c4)C(=O)N(C)C5)nc32)n1. The molecule has 1 amide bonds. The molecule has 0 fully saturated rings. The molecule has 0 saturated carbocycles. The van der Waals surface area contributed by atoms with Crippen LogP contribution < -0.4 is 15.5 Å². The maximum absolute atomic E-state index is 12.4. The van der Waals surface area contributed by atoms with E-state index in [9.17, 15) is 4.79 Å². The van der Waals surface area contributed by atoms with Crippen molar-refractivity contribution >= 4 is 29.2 Å². The lowest BCUT2D eigenvalue weighted by molar-refractivity contribution is 0.0816. The van der Waals surface area contributed by atoms with Gasteiger partial charge in [-0.2, -0.15) is 4.98 Å². The van der Waals surface area contributed by atoms with Crippen LogP contribution in [0, 0.1) is 0 Å². The molecule has 2 N–H and O–H groups in total. The van der Waals surface area contributed by atoms with E-state index in [2.05, 4.69) is 27.4 Å². The maximum atomic E-state index is 12.4. The van der Waals surface area contributed by atoms with Gasteiger partial charge in [-0.15, -0.1) is 0 Å². The Kier molecular flexibility index (Phi) is 5.66. The molecule has 1 atom stereocenters. The topological polar surface area (TPSA) is 95.5 Å². The molecule has 9 nitrogen and oxygen atoms in total. The highest BCUT2D eigenvalue weighted by Crippen LogP contribution is 2.43. The standard InChI is InChI=1S/C25H29N7O2/c1-25(15-34-4)14-32(21-7-5-6-18(28-21)11-26-2)22-20(25)12-27-24(30-22)29-17-9-8-16-13-31(3)23(33)19(16)10-17/h5-10,12,26H,11,13-15H2,1-4H3,(H,27,29,30). The van der Waals surface area contributed by atoms with E-state index in [1.807, 2.05) is 56.7 Å². The van der Waals surface area contributed by atoms with Crippen LogP contribution in [0.3, 0.4) is 0 Å². The van der Waals surface area contributed by atoms with Crippen LogP contribution in [-0.2, 0) is 23.2 Å². The molecule has 5 rings (SSSR count). The van der Waals surface area contributed by atoms with Crippen LogP contribution in [0.4, 0.5) is 23.3 Å². The lowest BCUT2D eigenvalue weighted by Gasteiger charge is -2.24. The summed E-state index contributed by atoms with van der Waals surface area (Å²) in [4.78, 5) is 30.6. The average molecular weight is 460 g/mol. The number of hydrogen-bond donors (Lipinski definition) is 2. The third-order valence-electron chi connectivity index (χ3n) is 6.42. The molecule has 2 aliphatic rings. The zero-order valence-electron chi connectivity index (χ0n) is 19.9. The van der Waals surface area contributed by atoms with Crippen LogP contribution >= 0.6 is 0 Å². The van der Waals surface area contributed by atoms with Crippen molar-refractivity contribution in [2.75, 3.05) is 44.6 Å². The van der Waals surface area contributed by atoms with Gasteiger partial charge in [0.15, 0.2) is 0 Å². The van der Waals surface area contributed by atoms with Crippen molar-refractivity contribution in [2.24, 2.45) is 0 Å². The highest BCUT2D eigenvalue weighted by atomic mass is 16.5. The fraction of sp³-hybridized carbons (Fsp3) is 0.360. The Labute approximate surface area is 199 Å². The number of ether oxygens (including phenoxy) is 1. The molecule has 9 heteroatoms. The molecule has 0 radical (unpaired) electrons. The van der Waals surface area contributed by atoms with E-state index < -0.39 is 0 Å². The first-order valence-corrected chi connectivity index (χ1v) is 11.3. The minimum Gasteiger partial charge on any atom is -0.384 e. The second-order valence-corrected chi connectivity index (χ2v) is 9.19. The molecule has 1 unspecified atom stereocenters. The number of nitrogens with zero attached hydrogens (tertiary/aromatic N) is 5. The fourth-order valence-corrected chi connectivity index (χ4v) is 4.76. The highest BCUT2D eigenvalue weighted by molar-refractivity contribution is 5.99. The van der Waals surface area contributed by atoms with Crippen LogP contribution in [0.2, 0.25) is 0 Å². The van der Waals surface area contributed by atoms with Crippen molar-refractivity contribution in [3.8, 4) is 0 Å². The number of fused-ring (bicyclic) bond motifs is 2. The summed E-state index contributed by atoms with van der Waals surface area (Å²) in [6.45, 7) is 4.71. The van der Waals surface area contributed by atoms with Gasteiger partial charge >= 0.3 is 0 Å². The Balaban J connectivity index is 1.50. The molecule has 0 saturated heterocycles. The van der Waals surface area contributed by atoms with Gasteiger partial charge in [0.25, 0.3) is 5.91 Å². The molecule has 2 aliphatic heterocycles. The summed E-state index contributed by atoms with van der Waals surface area (Å²) in [7, 11) is 5.43. The van der Waals surface area contributed by atoms with Crippen LogP contribution in [0.15, 0.2) is 42.6 Å². The molecular weight excluding hydrogens is 430 g/mol. The van der Waals surface area contributed by atoms with Gasteiger partial charge < -0.3 is 25.2 Å². The van der Waals surface area contributed by atoms with E-state index in [1.54, 1.807) is 12.0 Å². The largest absolute Gasteiger partial charge is 0.384 e. The molecule has 0 aliphatic carbocycles. The van der Waals surface area contributed by atoms with Gasteiger partial charge in [0.05, 0.1) is 12.3 Å². The first-order valence-electron chi connectivity index (χ1n) is 11.3. The number of aromatic nitrogens is 3. The Hall–Kier alpha value is -3.56. The van der Waals surface area contributed by atoms with E-state index in [1.165, 1.54) is 0 Å². The Morgan fingerprint density at radius 2 is 2.06 bits per heavy atom. The van der Waals surface area contributed by atoms with Crippen molar-refractivity contribution in [3.63, 3.8) is 0 Å². The number of carbonyl (C=O) groups is 1. The van der Waals surface area contributed by atoms with Gasteiger partial charge in [-0.25, -0.2) is 9.97 Å². The second kappa shape index (κ2) is 8.66. The Morgan fingerprint density at radius 1 is 1.21 bits per heavy atom. The average Bonchev–Trinajstić information content (AvgIpc) is 3.27. The molecule has 34 heavy (non-hydrogen) atoms. The number of carbonyl (C=O) groups excluding carboxylic acids is 1. The van der Waals surface area contributed by atoms with Gasteiger partial charge in [-0.3, -0.25) is 4.79 Å². The minimum atomic E-state index is -0.270. The number of pyridine rings is 1. The zero-order chi connectivity index (χ0) is 23.9. The molecule has 2 aromatic heterocycles. The summed E-state index contributed by atoms with van der Waals surface area (Å²) in [6, 6.07) is 11.8. The predicted molar refractivity (Wildman–Crippen MR) is 131 cm³/mol. The van der Waals surface area contributed by atoms with Gasteiger partial charge in [-0.05, 0) is 36.9 Å². The van der Waals surface area contributed by atoms with Crippen molar-refractivity contribution in [1.29, 1.82) is 0 Å². The van der Waals surface area contributed by atoms with E-state index in [0.717, 1.165) is 34.1 Å². The first kappa shape index (κ1) is 22.2. The smallest absolute Gasteiger partial charge is 0.254 e. The Bertz CT molecular complexity index is 1250. The normalized spacial score (nSPS) is 18.9. The second-order valence-electron chi connectivity index (χ2n) is 9.19. The van der Waals surface area contributed by atoms with Gasteiger partial charge in [-0.1, -0.05) is 19.1 Å². The summed E-state index contributed by atoms with van der Waals surface area (Å²) in [6.07, 6.45) is 1.87. The highest BCUT2D eigenvalue weighted by Gasteiger charge is 2.42. The number of methoxy groups -OCH3 is 1. The van der Waals surface area contributed by atoms with Gasteiger partial charge in [0, 0.05) is 62.2 Å². The molecule has 1 aromatic carbocycles. The van der Waals surface area contributed by atoms with E-state index in [0.29, 0.717) is 37.8 Å². The molecule has 176 valence electrons. The fourth-order valence-electron chi connectivity index (χ4n) is 4.76. The molecular formula is C25H29N7O2. The molecule has 4 heterocycles. The number of benzene rings is 1. The maximum Gasteiger partial charge on any atom is 0.254 e. The van der Waals surface area contributed by atoms with Crippen molar-refractivity contribution in [3.05, 3.63) is 65.0 Å². The van der Waals surface area contributed by atoms with Gasteiger partial charge in [0.1, 0.15) is 11.6 Å². The third-order valence-corrected chi connectivity index (χ3v) is 6.42. The quantitative estimate of drug-likeness (QED) is 0.557. The summed E-state index contributed by atoms with van der Waals surface area (Å²) in [5.74, 6) is 2.14. The predicted octanol–water partition coefficient (Wildman–Crippen LogP) is 2.98. The third kappa shape index (κ3) is 3.86. The van der Waals surface area contributed by atoms with Crippen LogP contribution in [-0.4, -0.2) is 60.1 Å².